The summed E-state index contributed by atoms with van der Waals surface area (Å²) < 4.78 is 11.4. The van der Waals surface area contributed by atoms with Crippen molar-refractivity contribution in [3.05, 3.63) is 51.5 Å². The normalized spacial score (nSPS) is 10.7. The summed E-state index contributed by atoms with van der Waals surface area (Å²) in [5, 5.41) is 9.36. The lowest BCUT2D eigenvalue weighted by atomic mass is 10.2. The minimum absolute atomic E-state index is 0.220. The number of anilines is 1. The van der Waals surface area contributed by atoms with E-state index in [1.54, 1.807) is 36.4 Å². The molecule has 0 heterocycles. The number of para-hydroxylation sites is 1. The number of hydrazone groups is 1. The van der Waals surface area contributed by atoms with Gasteiger partial charge in [-0.15, -0.1) is 0 Å². The Hall–Kier alpha value is -3.11. The maximum atomic E-state index is 12.2. The molecule has 0 atom stereocenters. The van der Waals surface area contributed by atoms with E-state index in [1.165, 1.54) is 13.3 Å². The molecule has 11 heteroatoms. The number of methoxy groups -OCH3 is 1. The number of amides is 3. The molecule has 0 saturated heterocycles. The van der Waals surface area contributed by atoms with E-state index < -0.39 is 17.7 Å². The van der Waals surface area contributed by atoms with Gasteiger partial charge in [-0.2, -0.15) is 5.10 Å². The molecule has 2 aromatic carbocycles. The van der Waals surface area contributed by atoms with Gasteiger partial charge >= 0.3 is 11.8 Å². The SMILES string of the molecule is COc1cc(/C=N\NC(=O)C(=O)NCC(C)C)cc(Br)c1OCC(=O)Nc1ccccc1Cl. The maximum Gasteiger partial charge on any atom is 0.329 e. The Morgan fingerprint density at radius 1 is 1.18 bits per heavy atom. The van der Waals surface area contributed by atoms with Gasteiger partial charge in [0.2, 0.25) is 0 Å². The first-order valence-corrected chi connectivity index (χ1v) is 11.0. The summed E-state index contributed by atoms with van der Waals surface area (Å²) in [5.74, 6) is -1.18. The minimum atomic E-state index is -0.873. The van der Waals surface area contributed by atoms with Crippen molar-refractivity contribution in [2.75, 3.05) is 25.6 Å². The van der Waals surface area contributed by atoms with Gasteiger partial charge in [-0.3, -0.25) is 14.4 Å². The molecular formula is C22H24BrClN4O5. The molecule has 176 valence electrons. The first kappa shape index (κ1) is 26.1. The molecule has 3 amide bonds. The highest BCUT2D eigenvalue weighted by atomic mass is 79.9. The number of benzene rings is 2. The third kappa shape index (κ3) is 8.39. The number of nitrogens with zero attached hydrogens (tertiary/aromatic N) is 1. The summed E-state index contributed by atoms with van der Waals surface area (Å²) in [6.07, 6.45) is 1.34. The summed E-state index contributed by atoms with van der Waals surface area (Å²) in [7, 11) is 1.44. The third-order valence-electron chi connectivity index (χ3n) is 4.00. The molecule has 33 heavy (non-hydrogen) atoms. The Bertz CT molecular complexity index is 1050. The Balaban J connectivity index is 1.99. The quantitative estimate of drug-likeness (QED) is 0.257. The van der Waals surface area contributed by atoms with Crippen LogP contribution in [-0.4, -0.2) is 44.2 Å². The van der Waals surface area contributed by atoms with Gasteiger partial charge in [0.25, 0.3) is 5.91 Å². The van der Waals surface area contributed by atoms with Crippen molar-refractivity contribution in [1.29, 1.82) is 0 Å². The molecule has 0 saturated carbocycles. The monoisotopic (exact) mass is 538 g/mol. The molecule has 2 aromatic rings. The van der Waals surface area contributed by atoms with Crippen molar-refractivity contribution < 1.29 is 23.9 Å². The smallest absolute Gasteiger partial charge is 0.329 e. The second kappa shape index (κ2) is 12.8. The fraction of sp³-hybridized carbons (Fsp3) is 0.273. The fourth-order valence-electron chi connectivity index (χ4n) is 2.43. The zero-order chi connectivity index (χ0) is 24.4. The summed E-state index contributed by atoms with van der Waals surface area (Å²) in [6.45, 7) is 3.94. The minimum Gasteiger partial charge on any atom is -0.493 e. The van der Waals surface area contributed by atoms with Crippen LogP contribution in [0, 0.1) is 5.92 Å². The first-order chi connectivity index (χ1) is 15.7. The summed E-state index contributed by atoms with van der Waals surface area (Å²) >= 11 is 9.41. The van der Waals surface area contributed by atoms with E-state index in [-0.39, 0.29) is 12.5 Å². The van der Waals surface area contributed by atoms with Crippen LogP contribution in [0.25, 0.3) is 0 Å². The second-order valence-electron chi connectivity index (χ2n) is 7.15. The van der Waals surface area contributed by atoms with Crippen LogP contribution in [0.1, 0.15) is 19.4 Å². The van der Waals surface area contributed by atoms with Crippen molar-refractivity contribution in [3.63, 3.8) is 0 Å². The van der Waals surface area contributed by atoms with Crippen LogP contribution in [0.5, 0.6) is 11.5 Å². The van der Waals surface area contributed by atoms with Crippen molar-refractivity contribution in [1.82, 2.24) is 10.7 Å². The number of halogens is 2. The van der Waals surface area contributed by atoms with Crippen LogP contribution in [0.4, 0.5) is 5.69 Å². The Morgan fingerprint density at radius 3 is 2.58 bits per heavy atom. The molecule has 0 fully saturated rings. The van der Waals surface area contributed by atoms with Crippen LogP contribution in [0.3, 0.4) is 0 Å². The van der Waals surface area contributed by atoms with Gasteiger partial charge in [0.05, 0.1) is 28.5 Å². The molecule has 0 aliphatic rings. The highest BCUT2D eigenvalue weighted by Crippen LogP contribution is 2.36. The van der Waals surface area contributed by atoms with E-state index in [0.29, 0.717) is 38.8 Å². The van der Waals surface area contributed by atoms with E-state index in [2.05, 4.69) is 37.1 Å². The number of hydrogen-bond acceptors (Lipinski definition) is 6. The van der Waals surface area contributed by atoms with Crippen LogP contribution >= 0.6 is 27.5 Å². The highest BCUT2D eigenvalue weighted by Gasteiger charge is 2.15. The lowest BCUT2D eigenvalue weighted by Crippen LogP contribution is -2.39. The van der Waals surface area contributed by atoms with E-state index >= 15 is 0 Å². The van der Waals surface area contributed by atoms with Crippen LogP contribution < -0.4 is 25.5 Å². The molecular weight excluding hydrogens is 516 g/mol. The molecule has 0 bridgehead atoms. The summed E-state index contributed by atoms with van der Waals surface area (Å²) in [6, 6.07) is 10.1. The number of hydrogen-bond donors (Lipinski definition) is 3. The number of carbonyl (C=O) groups excluding carboxylic acids is 3. The predicted octanol–water partition coefficient (Wildman–Crippen LogP) is 3.35. The molecule has 0 unspecified atom stereocenters. The Morgan fingerprint density at radius 2 is 1.91 bits per heavy atom. The maximum absolute atomic E-state index is 12.2. The number of carbonyl (C=O) groups is 3. The zero-order valence-corrected chi connectivity index (χ0v) is 20.6. The van der Waals surface area contributed by atoms with Crippen molar-refractivity contribution >= 4 is 57.2 Å². The lowest BCUT2D eigenvalue weighted by Gasteiger charge is -2.14. The van der Waals surface area contributed by atoms with Crippen molar-refractivity contribution in [3.8, 4) is 11.5 Å². The van der Waals surface area contributed by atoms with Gasteiger partial charge < -0.3 is 20.1 Å². The van der Waals surface area contributed by atoms with Crippen molar-refractivity contribution in [2.45, 2.75) is 13.8 Å². The Labute approximate surface area is 205 Å². The molecule has 0 aromatic heterocycles. The topological polar surface area (TPSA) is 118 Å². The molecule has 0 aliphatic heterocycles. The predicted molar refractivity (Wildman–Crippen MR) is 130 cm³/mol. The van der Waals surface area contributed by atoms with Gasteiger partial charge in [-0.1, -0.05) is 37.6 Å². The zero-order valence-electron chi connectivity index (χ0n) is 18.3. The average Bonchev–Trinajstić information content (AvgIpc) is 2.77. The van der Waals surface area contributed by atoms with E-state index in [9.17, 15) is 14.4 Å². The summed E-state index contributed by atoms with van der Waals surface area (Å²) in [4.78, 5) is 35.6. The molecule has 0 radical (unpaired) electrons. The van der Waals surface area contributed by atoms with Gasteiger partial charge in [0.15, 0.2) is 18.1 Å². The average molecular weight is 540 g/mol. The van der Waals surface area contributed by atoms with Gasteiger partial charge in [0, 0.05) is 6.54 Å². The number of nitrogens with one attached hydrogen (secondary N) is 3. The Kier molecular flexibility index (Phi) is 10.1. The fourth-order valence-corrected chi connectivity index (χ4v) is 3.19. The lowest BCUT2D eigenvalue weighted by molar-refractivity contribution is -0.139. The van der Waals surface area contributed by atoms with Gasteiger partial charge in [-0.25, -0.2) is 5.43 Å². The van der Waals surface area contributed by atoms with Crippen LogP contribution in [0.2, 0.25) is 5.02 Å². The third-order valence-corrected chi connectivity index (χ3v) is 4.92. The van der Waals surface area contributed by atoms with Crippen molar-refractivity contribution in [2.24, 2.45) is 11.0 Å². The van der Waals surface area contributed by atoms with E-state index in [1.807, 2.05) is 13.8 Å². The number of ether oxygens (including phenoxy) is 2. The number of rotatable bonds is 9. The highest BCUT2D eigenvalue weighted by molar-refractivity contribution is 9.10. The van der Waals surface area contributed by atoms with Crippen LogP contribution in [0.15, 0.2) is 46.0 Å². The molecule has 3 N–H and O–H groups in total. The molecule has 9 nitrogen and oxygen atoms in total. The molecule has 0 spiro atoms. The van der Waals surface area contributed by atoms with Crippen LogP contribution in [-0.2, 0) is 14.4 Å². The van der Waals surface area contributed by atoms with Gasteiger partial charge in [0.1, 0.15) is 0 Å². The van der Waals surface area contributed by atoms with E-state index in [0.717, 1.165) is 0 Å². The molecule has 0 aliphatic carbocycles. The second-order valence-corrected chi connectivity index (χ2v) is 8.42. The standard InChI is InChI=1S/C22H24BrClN4O5/c1-13(2)10-25-21(30)22(31)28-26-11-14-8-15(23)20(18(9-14)32-3)33-12-19(29)27-17-7-5-4-6-16(17)24/h4-9,11,13H,10,12H2,1-3H3,(H,25,30)(H,27,29)(H,28,31)/b26-11-. The first-order valence-electron chi connectivity index (χ1n) is 9.87. The largest absolute Gasteiger partial charge is 0.493 e. The summed E-state index contributed by atoms with van der Waals surface area (Å²) in [5.41, 5.74) is 3.19. The van der Waals surface area contributed by atoms with Gasteiger partial charge in [-0.05, 0) is 51.7 Å². The molecule has 2 rings (SSSR count). The van der Waals surface area contributed by atoms with E-state index in [4.69, 9.17) is 21.1 Å².